The van der Waals surface area contributed by atoms with Crippen molar-refractivity contribution in [2.24, 2.45) is 5.41 Å². The van der Waals surface area contributed by atoms with Crippen molar-refractivity contribution in [2.75, 3.05) is 19.7 Å². The lowest BCUT2D eigenvalue weighted by Gasteiger charge is -2.41. The van der Waals surface area contributed by atoms with Crippen LogP contribution in [-0.4, -0.2) is 51.6 Å². The van der Waals surface area contributed by atoms with Crippen LogP contribution < -0.4 is 15.7 Å². The second-order valence-electron chi connectivity index (χ2n) is 11.0. The lowest BCUT2D eigenvalue weighted by atomic mass is 9.73. The number of aromatic nitrogens is 2. The summed E-state index contributed by atoms with van der Waals surface area (Å²) in [6.07, 6.45) is 4.97. The number of hydrogen-bond acceptors (Lipinski definition) is 4. The Morgan fingerprint density at radius 3 is 2.44 bits per heavy atom. The molecule has 8 heteroatoms. The van der Waals surface area contributed by atoms with Crippen molar-refractivity contribution in [3.63, 3.8) is 0 Å². The van der Waals surface area contributed by atoms with Gasteiger partial charge >= 0.3 is 5.69 Å². The molecule has 1 atom stereocenters. The summed E-state index contributed by atoms with van der Waals surface area (Å²) in [7, 11) is 0. The second kappa shape index (κ2) is 11.3. The summed E-state index contributed by atoms with van der Waals surface area (Å²) in [5, 5.41) is 3.21. The third-order valence-electron chi connectivity index (χ3n) is 8.58. The molecule has 0 saturated carbocycles. The zero-order valence-electron chi connectivity index (χ0n) is 23.4. The standard InChI is InChI=1S/C31H40N4O4/c1-4-34-25-14-13-24(20-26(25)35(5-2)30(34)38)28(36)33-18-16-31(17-19-33)15-9-8-11-23-10-6-7-12-27(23)39-21-22(3)32-29(31)37/h6-7,10,12-14,20,22H,4-5,8-9,11,15-19,21H2,1-3H3,(H,32,37)/t22-/m0/s1. The Balaban J connectivity index is 1.31. The predicted octanol–water partition coefficient (Wildman–Crippen LogP) is 4.38. The van der Waals surface area contributed by atoms with E-state index in [0.29, 0.717) is 51.2 Å². The van der Waals surface area contributed by atoms with Crippen molar-refractivity contribution < 1.29 is 14.3 Å². The number of ether oxygens (including phenoxy) is 1. The Hall–Kier alpha value is -3.55. The molecule has 39 heavy (non-hydrogen) atoms. The molecule has 3 heterocycles. The first-order chi connectivity index (χ1) is 18.9. The van der Waals surface area contributed by atoms with Crippen LogP contribution >= 0.6 is 0 Å². The van der Waals surface area contributed by atoms with Crippen molar-refractivity contribution in [3.05, 3.63) is 64.1 Å². The van der Waals surface area contributed by atoms with E-state index in [-0.39, 0.29) is 23.5 Å². The number of hydrogen-bond donors (Lipinski definition) is 1. The molecule has 1 N–H and O–H groups in total. The van der Waals surface area contributed by atoms with Crippen LogP contribution in [0.2, 0.25) is 0 Å². The monoisotopic (exact) mass is 532 g/mol. The molecule has 2 aromatic carbocycles. The van der Waals surface area contributed by atoms with Gasteiger partial charge in [-0.05, 0) is 82.7 Å². The van der Waals surface area contributed by atoms with Gasteiger partial charge in [-0.1, -0.05) is 24.6 Å². The van der Waals surface area contributed by atoms with Crippen LogP contribution in [0.5, 0.6) is 5.75 Å². The fraction of sp³-hybridized carbons (Fsp3) is 0.516. The lowest BCUT2D eigenvalue weighted by Crippen LogP contribution is -2.52. The maximum Gasteiger partial charge on any atom is 0.329 e. The van der Waals surface area contributed by atoms with Gasteiger partial charge in [0.15, 0.2) is 0 Å². The zero-order valence-corrected chi connectivity index (χ0v) is 23.4. The molecule has 2 aliphatic heterocycles. The van der Waals surface area contributed by atoms with Crippen LogP contribution in [0.25, 0.3) is 11.0 Å². The van der Waals surface area contributed by atoms with Gasteiger partial charge in [-0.3, -0.25) is 18.7 Å². The molecule has 1 spiro atoms. The van der Waals surface area contributed by atoms with Gasteiger partial charge in [0.25, 0.3) is 5.91 Å². The van der Waals surface area contributed by atoms with Gasteiger partial charge in [-0.25, -0.2) is 4.79 Å². The van der Waals surface area contributed by atoms with Crippen LogP contribution in [-0.2, 0) is 24.3 Å². The molecule has 2 amide bonds. The van der Waals surface area contributed by atoms with E-state index in [1.807, 2.05) is 62.1 Å². The fourth-order valence-corrected chi connectivity index (χ4v) is 6.24. The predicted molar refractivity (Wildman–Crippen MR) is 152 cm³/mol. The van der Waals surface area contributed by atoms with E-state index in [1.54, 1.807) is 9.13 Å². The average Bonchev–Trinajstić information content (AvgIpc) is 3.23. The summed E-state index contributed by atoms with van der Waals surface area (Å²) in [6, 6.07) is 13.6. The molecule has 1 fully saturated rings. The highest BCUT2D eigenvalue weighted by Gasteiger charge is 2.42. The number of amides is 2. The summed E-state index contributed by atoms with van der Waals surface area (Å²) < 4.78 is 9.53. The first kappa shape index (κ1) is 27.0. The van der Waals surface area contributed by atoms with Crippen molar-refractivity contribution in [1.82, 2.24) is 19.4 Å². The van der Waals surface area contributed by atoms with Crippen molar-refractivity contribution >= 4 is 22.8 Å². The van der Waals surface area contributed by atoms with Gasteiger partial charge in [-0.15, -0.1) is 0 Å². The summed E-state index contributed by atoms with van der Waals surface area (Å²) >= 11 is 0. The number of fused-ring (bicyclic) bond motifs is 2. The Kier molecular flexibility index (Phi) is 7.82. The van der Waals surface area contributed by atoms with Gasteiger partial charge in [0, 0.05) is 31.7 Å². The van der Waals surface area contributed by atoms with E-state index in [2.05, 4.69) is 11.4 Å². The number of nitrogens with one attached hydrogen (secondary N) is 1. The van der Waals surface area contributed by atoms with E-state index in [4.69, 9.17) is 4.74 Å². The Morgan fingerprint density at radius 1 is 0.974 bits per heavy atom. The molecular formula is C31H40N4O4. The molecule has 0 unspecified atom stereocenters. The van der Waals surface area contributed by atoms with Gasteiger partial charge in [0.2, 0.25) is 5.91 Å². The molecule has 208 valence electrons. The molecule has 1 aromatic heterocycles. The van der Waals surface area contributed by atoms with Crippen LogP contribution in [0, 0.1) is 5.41 Å². The third kappa shape index (κ3) is 5.21. The van der Waals surface area contributed by atoms with Crippen LogP contribution in [0.4, 0.5) is 0 Å². The summed E-state index contributed by atoms with van der Waals surface area (Å²) in [6.45, 7) is 8.52. The van der Waals surface area contributed by atoms with Gasteiger partial charge in [-0.2, -0.15) is 0 Å². The Labute approximate surface area is 229 Å². The summed E-state index contributed by atoms with van der Waals surface area (Å²) in [5.41, 5.74) is 2.92. The highest BCUT2D eigenvalue weighted by atomic mass is 16.5. The third-order valence-corrected chi connectivity index (χ3v) is 8.58. The summed E-state index contributed by atoms with van der Waals surface area (Å²) in [5.74, 6) is 0.938. The lowest BCUT2D eigenvalue weighted by molar-refractivity contribution is -0.135. The van der Waals surface area contributed by atoms with Crippen molar-refractivity contribution in [2.45, 2.75) is 78.4 Å². The fourth-order valence-electron chi connectivity index (χ4n) is 6.24. The maximum absolute atomic E-state index is 13.6. The molecule has 0 radical (unpaired) electrons. The first-order valence-electron chi connectivity index (χ1n) is 14.4. The normalized spacial score (nSPS) is 20.0. The SMILES string of the molecule is CCn1c(=O)n(CC)c2cc(C(=O)N3CCC4(CCCCc5ccccc5OC[C@H](C)NC4=O)CC3)ccc21. The molecule has 0 aliphatic carbocycles. The van der Waals surface area contributed by atoms with E-state index in [0.717, 1.165) is 42.5 Å². The molecule has 3 aromatic rings. The highest BCUT2D eigenvalue weighted by Crippen LogP contribution is 2.38. The minimum Gasteiger partial charge on any atom is -0.491 e. The smallest absolute Gasteiger partial charge is 0.329 e. The second-order valence-corrected chi connectivity index (χ2v) is 11.0. The number of imidazole rings is 1. The number of benzene rings is 2. The first-order valence-corrected chi connectivity index (χ1v) is 14.4. The number of para-hydroxylation sites is 1. The maximum atomic E-state index is 13.6. The minimum absolute atomic E-state index is 0.0435. The number of carbonyl (C=O) groups is 2. The van der Waals surface area contributed by atoms with Crippen LogP contribution in [0.1, 0.15) is 68.8 Å². The number of rotatable bonds is 3. The van der Waals surface area contributed by atoms with E-state index < -0.39 is 5.41 Å². The average molecular weight is 533 g/mol. The summed E-state index contributed by atoms with van der Waals surface area (Å²) in [4.78, 5) is 41.7. The number of aryl methyl sites for hydroxylation is 3. The quantitative estimate of drug-likeness (QED) is 0.543. The Bertz CT molecular complexity index is 1410. The topological polar surface area (TPSA) is 85.6 Å². The number of carbonyl (C=O) groups excluding carboxylic acids is 2. The van der Waals surface area contributed by atoms with E-state index >= 15 is 0 Å². The zero-order chi connectivity index (χ0) is 27.6. The van der Waals surface area contributed by atoms with E-state index in [1.165, 1.54) is 5.56 Å². The molecule has 5 rings (SSSR count). The van der Waals surface area contributed by atoms with Gasteiger partial charge < -0.3 is 15.0 Å². The molecule has 2 aliphatic rings. The molecule has 1 saturated heterocycles. The molecule has 0 bridgehead atoms. The number of likely N-dealkylation sites (tertiary alicyclic amines) is 1. The van der Waals surface area contributed by atoms with Crippen LogP contribution in [0.3, 0.4) is 0 Å². The number of nitrogens with zero attached hydrogens (tertiary/aromatic N) is 3. The molecular weight excluding hydrogens is 492 g/mol. The Morgan fingerprint density at radius 2 is 1.69 bits per heavy atom. The van der Waals surface area contributed by atoms with Gasteiger partial charge in [0.05, 0.1) is 22.5 Å². The highest BCUT2D eigenvalue weighted by molar-refractivity contribution is 5.97. The van der Waals surface area contributed by atoms with Crippen molar-refractivity contribution in [1.29, 1.82) is 0 Å². The largest absolute Gasteiger partial charge is 0.491 e. The van der Waals surface area contributed by atoms with Crippen molar-refractivity contribution in [3.8, 4) is 5.75 Å². The van der Waals surface area contributed by atoms with E-state index in [9.17, 15) is 14.4 Å². The number of piperidine rings is 1. The minimum atomic E-state index is -0.477. The molecule has 8 nitrogen and oxygen atoms in total. The van der Waals surface area contributed by atoms with Crippen LogP contribution in [0.15, 0.2) is 47.3 Å². The van der Waals surface area contributed by atoms with Gasteiger partial charge in [0.1, 0.15) is 12.4 Å².